The second-order valence-corrected chi connectivity index (χ2v) is 7.93. The van der Waals surface area contributed by atoms with Crippen molar-refractivity contribution < 1.29 is 4.79 Å². The standard InChI is InChI=1S/C22H25ClN4O.C2H6/c1-15-5-8-20-25-21(15)24-11-3-2-4-16-9-12-27(13-10-16)19-14-17(23)6-7-18(19)22(28)26-20;1-2/h2-3,5-8,14,16H,4,9-13H2,1H3,(H2,24,25,26,28);1-2H3/b3-2+;. The van der Waals surface area contributed by atoms with Gasteiger partial charge in [0.05, 0.1) is 11.3 Å². The highest BCUT2D eigenvalue weighted by Gasteiger charge is 2.23. The molecule has 0 atom stereocenters. The van der Waals surface area contributed by atoms with Gasteiger partial charge in [-0.25, -0.2) is 4.98 Å². The maximum atomic E-state index is 13.0. The summed E-state index contributed by atoms with van der Waals surface area (Å²) in [6, 6.07) is 9.27. The molecule has 4 bridgehead atoms. The average Bonchev–Trinajstić information content (AvgIpc) is 2.76. The van der Waals surface area contributed by atoms with Crippen LogP contribution in [0.15, 0.2) is 42.5 Å². The van der Waals surface area contributed by atoms with E-state index in [2.05, 4.69) is 32.7 Å². The van der Waals surface area contributed by atoms with E-state index in [4.69, 9.17) is 11.6 Å². The molecule has 6 heteroatoms. The third-order valence-electron chi connectivity index (χ3n) is 5.52. The number of rotatable bonds is 0. The van der Waals surface area contributed by atoms with E-state index >= 15 is 0 Å². The van der Waals surface area contributed by atoms with Crippen molar-refractivity contribution in [2.75, 3.05) is 35.2 Å². The molecule has 3 aliphatic rings. The molecular weight excluding hydrogens is 396 g/mol. The van der Waals surface area contributed by atoms with Crippen LogP contribution in [0.1, 0.15) is 49.0 Å². The Kier molecular flexibility index (Phi) is 7.75. The molecule has 5 rings (SSSR count). The Morgan fingerprint density at radius 3 is 2.63 bits per heavy atom. The van der Waals surface area contributed by atoms with Crippen molar-refractivity contribution in [1.82, 2.24) is 4.98 Å². The lowest BCUT2D eigenvalue weighted by Crippen LogP contribution is -2.35. The summed E-state index contributed by atoms with van der Waals surface area (Å²) in [4.78, 5) is 19.9. The van der Waals surface area contributed by atoms with E-state index in [1.807, 2.05) is 39.0 Å². The van der Waals surface area contributed by atoms with Gasteiger partial charge in [-0.1, -0.05) is 43.7 Å². The van der Waals surface area contributed by atoms with Gasteiger partial charge in [-0.3, -0.25) is 4.79 Å². The van der Waals surface area contributed by atoms with E-state index in [0.717, 1.165) is 56.0 Å². The molecule has 4 heterocycles. The van der Waals surface area contributed by atoms with Crippen LogP contribution >= 0.6 is 11.6 Å². The summed E-state index contributed by atoms with van der Waals surface area (Å²) in [5.74, 6) is 1.84. The lowest BCUT2D eigenvalue weighted by atomic mass is 9.92. The number of aryl methyl sites for hydroxylation is 1. The first-order valence-electron chi connectivity index (χ1n) is 10.8. The minimum atomic E-state index is -0.164. The SMILES string of the molecule is CC.Cc1ccc2nc1NC/C=C/CC1CCN(CC1)c1cc(Cl)ccc1C(=O)N2. The predicted octanol–water partition coefficient (Wildman–Crippen LogP) is 5.91. The van der Waals surface area contributed by atoms with Crippen molar-refractivity contribution in [2.45, 2.75) is 40.0 Å². The normalized spacial score (nSPS) is 17.9. The van der Waals surface area contributed by atoms with Crippen LogP contribution in [0.4, 0.5) is 17.3 Å². The maximum Gasteiger partial charge on any atom is 0.258 e. The number of piperidine rings is 1. The fourth-order valence-corrected chi connectivity index (χ4v) is 4.02. The van der Waals surface area contributed by atoms with E-state index in [9.17, 15) is 4.79 Å². The second kappa shape index (κ2) is 10.5. The number of carbonyl (C=O) groups excluding carboxylic acids is 1. The predicted molar refractivity (Wildman–Crippen MR) is 127 cm³/mol. The number of halogens is 1. The highest BCUT2D eigenvalue weighted by Crippen LogP contribution is 2.31. The number of anilines is 3. The van der Waals surface area contributed by atoms with Gasteiger partial charge in [-0.15, -0.1) is 0 Å². The fourth-order valence-electron chi connectivity index (χ4n) is 3.86. The van der Waals surface area contributed by atoms with Crippen LogP contribution in [0, 0.1) is 12.8 Å². The van der Waals surface area contributed by atoms with Crippen LogP contribution < -0.4 is 15.5 Å². The smallest absolute Gasteiger partial charge is 0.258 e. The quantitative estimate of drug-likeness (QED) is 0.514. The van der Waals surface area contributed by atoms with Gasteiger partial charge in [0, 0.05) is 24.7 Å². The first kappa shape index (κ1) is 22.2. The molecule has 160 valence electrons. The van der Waals surface area contributed by atoms with Gasteiger partial charge >= 0.3 is 0 Å². The number of hydrogen-bond acceptors (Lipinski definition) is 4. The van der Waals surface area contributed by atoms with Crippen molar-refractivity contribution in [3.05, 3.63) is 58.6 Å². The van der Waals surface area contributed by atoms with Crippen molar-refractivity contribution in [3.8, 4) is 0 Å². The molecule has 1 amide bonds. The zero-order chi connectivity index (χ0) is 21.5. The number of hydrogen-bond donors (Lipinski definition) is 2. The first-order chi connectivity index (χ1) is 14.6. The van der Waals surface area contributed by atoms with E-state index in [1.54, 1.807) is 12.1 Å². The van der Waals surface area contributed by atoms with Gasteiger partial charge < -0.3 is 15.5 Å². The van der Waals surface area contributed by atoms with E-state index in [-0.39, 0.29) is 5.91 Å². The van der Waals surface area contributed by atoms with Crippen molar-refractivity contribution in [1.29, 1.82) is 0 Å². The molecule has 30 heavy (non-hydrogen) atoms. The summed E-state index contributed by atoms with van der Waals surface area (Å²) < 4.78 is 0. The highest BCUT2D eigenvalue weighted by molar-refractivity contribution is 6.31. The zero-order valence-electron chi connectivity index (χ0n) is 18.0. The number of aromatic nitrogens is 1. The molecule has 0 unspecified atom stereocenters. The average molecular weight is 427 g/mol. The number of nitrogens with zero attached hydrogens (tertiary/aromatic N) is 2. The number of allylic oxidation sites excluding steroid dienone is 1. The van der Waals surface area contributed by atoms with E-state index in [1.165, 1.54) is 0 Å². The van der Waals surface area contributed by atoms with Crippen molar-refractivity contribution in [3.63, 3.8) is 0 Å². The summed E-state index contributed by atoms with van der Waals surface area (Å²) in [5, 5.41) is 6.93. The lowest BCUT2D eigenvalue weighted by Gasteiger charge is -2.34. The number of amides is 1. The number of fused-ring (bicyclic) bond motifs is 6. The van der Waals surface area contributed by atoms with Gasteiger partial charge in [-0.05, 0) is 61.9 Å². The lowest BCUT2D eigenvalue weighted by molar-refractivity contribution is 0.102. The fraction of sp³-hybridized carbons (Fsp3) is 0.417. The molecule has 2 aromatic rings. The monoisotopic (exact) mass is 426 g/mol. The Balaban J connectivity index is 0.00000124. The van der Waals surface area contributed by atoms with Crippen LogP contribution in [-0.2, 0) is 0 Å². The molecule has 5 nitrogen and oxygen atoms in total. The molecule has 1 fully saturated rings. The number of nitrogens with one attached hydrogen (secondary N) is 2. The Morgan fingerprint density at radius 2 is 1.87 bits per heavy atom. The largest absolute Gasteiger partial charge is 0.371 e. The van der Waals surface area contributed by atoms with E-state index in [0.29, 0.717) is 22.3 Å². The maximum absolute atomic E-state index is 13.0. The third-order valence-corrected chi connectivity index (χ3v) is 5.76. The molecule has 2 N–H and O–H groups in total. The third kappa shape index (κ3) is 5.33. The first-order valence-corrected chi connectivity index (χ1v) is 11.2. The van der Waals surface area contributed by atoms with Crippen molar-refractivity contribution >= 4 is 34.8 Å². The molecular formula is C24H31ClN4O. The molecule has 3 aliphatic heterocycles. The molecule has 0 aliphatic carbocycles. The Hall–Kier alpha value is -2.53. The number of pyridine rings is 1. The summed E-state index contributed by atoms with van der Waals surface area (Å²) in [6.45, 7) is 8.60. The Labute approximate surface area is 184 Å². The topological polar surface area (TPSA) is 57.3 Å². The van der Waals surface area contributed by atoms with Gasteiger partial charge in [0.1, 0.15) is 11.6 Å². The van der Waals surface area contributed by atoms with Crippen LogP contribution in [0.5, 0.6) is 0 Å². The minimum absolute atomic E-state index is 0.164. The van der Waals surface area contributed by atoms with Gasteiger partial charge in [0.15, 0.2) is 0 Å². The molecule has 0 spiro atoms. The van der Waals surface area contributed by atoms with E-state index < -0.39 is 0 Å². The molecule has 1 aromatic heterocycles. The molecule has 1 saturated heterocycles. The van der Waals surface area contributed by atoms with Crippen LogP contribution in [0.3, 0.4) is 0 Å². The van der Waals surface area contributed by atoms with Crippen LogP contribution in [-0.4, -0.2) is 30.5 Å². The van der Waals surface area contributed by atoms with Gasteiger partial charge in [-0.2, -0.15) is 0 Å². The minimum Gasteiger partial charge on any atom is -0.371 e. The number of carbonyl (C=O) groups is 1. The van der Waals surface area contributed by atoms with Gasteiger partial charge in [0.25, 0.3) is 5.91 Å². The summed E-state index contributed by atoms with van der Waals surface area (Å²) in [6.07, 6.45) is 7.76. The number of benzene rings is 1. The summed E-state index contributed by atoms with van der Waals surface area (Å²) in [7, 11) is 0. The second-order valence-electron chi connectivity index (χ2n) is 7.50. The molecule has 1 aromatic carbocycles. The summed E-state index contributed by atoms with van der Waals surface area (Å²) >= 11 is 6.26. The van der Waals surface area contributed by atoms with Gasteiger partial charge in [0.2, 0.25) is 0 Å². The van der Waals surface area contributed by atoms with Crippen LogP contribution in [0.25, 0.3) is 0 Å². The molecule has 0 radical (unpaired) electrons. The Bertz CT molecular complexity index is 904. The summed E-state index contributed by atoms with van der Waals surface area (Å²) in [5.41, 5.74) is 2.58. The Morgan fingerprint density at radius 1 is 1.10 bits per heavy atom. The molecule has 0 saturated carbocycles. The van der Waals surface area contributed by atoms with Crippen molar-refractivity contribution in [2.24, 2.45) is 5.92 Å². The highest BCUT2D eigenvalue weighted by atomic mass is 35.5. The zero-order valence-corrected chi connectivity index (χ0v) is 18.8. The van der Waals surface area contributed by atoms with Crippen LogP contribution in [0.2, 0.25) is 5.02 Å².